The molecule has 3 nitrogen and oxygen atoms in total. The Labute approximate surface area is 87.0 Å². The summed E-state index contributed by atoms with van der Waals surface area (Å²) in [5, 5.41) is 18.3. The Morgan fingerprint density at radius 3 is 2.73 bits per heavy atom. The highest BCUT2D eigenvalue weighted by Crippen LogP contribution is 2.24. The van der Waals surface area contributed by atoms with Crippen LogP contribution in [0.2, 0.25) is 0 Å². The lowest BCUT2D eigenvalue weighted by Gasteiger charge is -1.97. The van der Waals surface area contributed by atoms with Gasteiger partial charge in [0.05, 0.1) is 0 Å². The Morgan fingerprint density at radius 2 is 2.07 bits per heavy atom. The predicted octanol–water partition coefficient (Wildman–Crippen LogP) is 2.13. The van der Waals surface area contributed by atoms with E-state index in [2.05, 4.69) is 10.7 Å². The molecule has 0 spiro atoms. The van der Waals surface area contributed by atoms with E-state index < -0.39 is 0 Å². The van der Waals surface area contributed by atoms with Gasteiger partial charge in [0, 0.05) is 6.21 Å². The highest BCUT2D eigenvalue weighted by atomic mass is 16.3. The molecule has 0 bridgehead atoms. The molecule has 2 N–H and O–H groups in total. The van der Waals surface area contributed by atoms with Crippen LogP contribution in [0.15, 0.2) is 52.8 Å². The Morgan fingerprint density at radius 1 is 1.20 bits per heavy atom. The van der Waals surface area contributed by atoms with Crippen molar-refractivity contribution in [3.63, 3.8) is 0 Å². The molecule has 0 aliphatic heterocycles. The van der Waals surface area contributed by atoms with Gasteiger partial charge < -0.3 is 10.2 Å². The molecule has 0 aromatic heterocycles. The van der Waals surface area contributed by atoms with E-state index in [-0.39, 0.29) is 11.5 Å². The summed E-state index contributed by atoms with van der Waals surface area (Å²) in [6.07, 6.45) is 7.06. The Balaban J connectivity index is 2.21. The average molecular weight is 199 g/mol. The van der Waals surface area contributed by atoms with E-state index in [0.29, 0.717) is 0 Å². The minimum Gasteiger partial charge on any atom is -0.504 e. The molecular weight excluding hydrogens is 190 g/mol. The summed E-state index contributed by atoms with van der Waals surface area (Å²) in [5.74, 6) is -0.280. The molecule has 0 atom stereocenters. The first-order chi connectivity index (χ1) is 7.25. The zero-order valence-electron chi connectivity index (χ0n) is 7.88. The van der Waals surface area contributed by atoms with Crippen LogP contribution in [0.3, 0.4) is 0 Å². The first-order valence-corrected chi connectivity index (χ1v) is 4.45. The van der Waals surface area contributed by atoms with Gasteiger partial charge in [-0.25, -0.2) is 4.99 Å². The quantitative estimate of drug-likeness (QED) is 0.435. The van der Waals surface area contributed by atoms with Gasteiger partial charge in [0.25, 0.3) is 0 Å². The van der Waals surface area contributed by atoms with Crippen LogP contribution in [0.25, 0.3) is 0 Å². The van der Waals surface area contributed by atoms with Crippen LogP contribution in [0, 0.1) is 0 Å². The lowest BCUT2D eigenvalue weighted by Crippen LogP contribution is -1.81. The number of rotatable bonds is 2. The van der Waals surface area contributed by atoms with Crippen LogP contribution in [0.1, 0.15) is 5.56 Å². The molecule has 0 unspecified atom stereocenters. The first-order valence-electron chi connectivity index (χ1n) is 4.45. The highest BCUT2D eigenvalue weighted by Gasteiger charge is 1.98. The molecule has 0 saturated heterocycles. The number of nitrogens with zero attached hydrogens (tertiary/aromatic N) is 1. The largest absolute Gasteiger partial charge is 0.504 e. The second-order valence-corrected chi connectivity index (χ2v) is 3.06. The molecule has 1 aromatic rings. The van der Waals surface area contributed by atoms with Gasteiger partial charge in [-0.2, -0.15) is 0 Å². The van der Waals surface area contributed by atoms with Crippen LogP contribution < -0.4 is 0 Å². The van der Waals surface area contributed by atoms with Crippen molar-refractivity contribution >= 4 is 6.21 Å². The van der Waals surface area contributed by atoms with Crippen molar-refractivity contribution in [1.82, 2.24) is 0 Å². The molecule has 2 rings (SSSR count). The monoisotopic (exact) mass is 199 g/mol. The normalized spacial score (nSPS) is 13.7. The van der Waals surface area contributed by atoms with Crippen LogP contribution in [0.4, 0.5) is 0 Å². The number of hydrogen-bond acceptors (Lipinski definition) is 3. The molecule has 1 aliphatic carbocycles. The van der Waals surface area contributed by atoms with Crippen molar-refractivity contribution in [3.8, 4) is 11.5 Å². The van der Waals surface area contributed by atoms with Gasteiger partial charge in [0.1, 0.15) is 5.70 Å². The Bertz CT molecular complexity index is 506. The van der Waals surface area contributed by atoms with E-state index >= 15 is 0 Å². The summed E-state index contributed by atoms with van der Waals surface area (Å²) in [6, 6.07) is 4.54. The van der Waals surface area contributed by atoms with Gasteiger partial charge in [-0.1, -0.05) is 11.8 Å². The molecule has 1 aliphatic rings. The standard InChI is InChI=1S/C12H9NO2/c14-11-6-5-9(7-12(11)15)8-13-10-3-1-2-4-10/h1-3,5-8,14-15H. The topological polar surface area (TPSA) is 52.8 Å². The number of hydrogen-bond donors (Lipinski definition) is 2. The van der Waals surface area contributed by atoms with Crippen molar-refractivity contribution in [2.75, 3.05) is 0 Å². The SMILES string of the molecule is Oc1ccc(C=NC2=C=CC=C2)cc1O. The van der Waals surface area contributed by atoms with Crippen molar-refractivity contribution < 1.29 is 10.2 Å². The Hall–Kier alpha value is -2.25. The molecule has 0 heterocycles. The predicted molar refractivity (Wildman–Crippen MR) is 58.1 cm³/mol. The number of phenolic OH excluding ortho intramolecular Hbond substituents is 2. The summed E-state index contributed by atoms with van der Waals surface area (Å²) in [7, 11) is 0. The summed E-state index contributed by atoms with van der Waals surface area (Å²) in [6.45, 7) is 0. The minimum absolute atomic E-state index is 0.132. The van der Waals surface area contributed by atoms with Crippen molar-refractivity contribution in [3.05, 3.63) is 53.4 Å². The van der Waals surface area contributed by atoms with Crippen LogP contribution in [-0.2, 0) is 0 Å². The van der Waals surface area contributed by atoms with Crippen LogP contribution in [0.5, 0.6) is 11.5 Å². The van der Waals surface area contributed by atoms with E-state index in [4.69, 9.17) is 5.11 Å². The third-order valence-corrected chi connectivity index (χ3v) is 1.93. The second kappa shape index (κ2) is 3.86. The summed E-state index contributed by atoms with van der Waals surface area (Å²) in [5.41, 5.74) is 4.38. The van der Waals surface area contributed by atoms with Gasteiger partial charge in [0.2, 0.25) is 0 Å². The maximum Gasteiger partial charge on any atom is 0.158 e. The molecule has 74 valence electrons. The lowest BCUT2D eigenvalue weighted by molar-refractivity contribution is 0.403. The van der Waals surface area contributed by atoms with Gasteiger partial charge in [-0.05, 0) is 35.9 Å². The summed E-state index contributed by atoms with van der Waals surface area (Å²) in [4.78, 5) is 4.13. The molecule has 0 fully saturated rings. The van der Waals surface area contributed by atoms with Gasteiger partial charge in [-0.3, -0.25) is 0 Å². The highest BCUT2D eigenvalue weighted by molar-refractivity contribution is 5.81. The molecule has 15 heavy (non-hydrogen) atoms. The molecular formula is C12H9NO2. The fraction of sp³-hybridized carbons (Fsp3) is 0. The van der Waals surface area contributed by atoms with E-state index in [1.807, 2.05) is 12.2 Å². The maximum atomic E-state index is 9.24. The van der Waals surface area contributed by atoms with Crippen LogP contribution >= 0.6 is 0 Å². The first kappa shape index (κ1) is 9.31. The fourth-order valence-electron chi connectivity index (χ4n) is 1.17. The number of aromatic hydroxyl groups is 2. The van der Waals surface area contributed by atoms with E-state index in [1.54, 1.807) is 18.4 Å². The average Bonchev–Trinajstić information content (AvgIpc) is 2.73. The van der Waals surface area contributed by atoms with Gasteiger partial charge in [-0.15, -0.1) is 0 Å². The third-order valence-electron chi connectivity index (χ3n) is 1.93. The van der Waals surface area contributed by atoms with Crippen molar-refractivity contribution in [2.45, 2.75) is 0 Å². The van der Waals surface area contributed by atoms with E-state index in [0.717, 1.165) is 11.3 Å². The smallest absolute Gasteiger partial charge is 0.158 e. The fourth-order valence-corrected chi connectivity index (χ4v) is 1.17. The van der Waals surface area contributed by atoms with Crippen molar-refractivity contribution in [2.24, 2.45) is 4.99 Å². The number of allylic oxidation sites excluding steroid dienone is 2. The summed E-state index contributed by atoms with van der Waals surface area (Å²) >= 11 is 0. The van der Waals surface area contributed by atoms with Gasteiger partial charge in [0.15, 0.2) is 11.5 Å². The van der Waals surface area contributed by atoms with Crippen molar-refractivity contribution in [1.29, 1.82) is 0 Å². The second-order valence-electron chi connectivity index (χ2n) is 3.06. The van der Waals surface area contributed by atoms with Gasteiger partial charge >= 0.3 is 0 Å². The zero-order chi connectivity index (χ0) is 10.7. The Kier molecular flexibility index (Phi) is 2.40. The lowest BCUT2D eigenvalue weighted by atomic mass is 10.2. The molecule has 1 aromatic carbocycles. The van der Waals surface area contributed by atoms with E-state index in [1.165, 1.54) is 12.1 Å². The number of phenols is 2. The molecule has 0 saturated carbocycles. The zero-order valence-corrected chi connectivity index (χ0v) is 7.88. The number of aliphatic imine (C=N–C) groups is 1. The molecule has 0 radical (unpaired) electrons. The number of benzene rings is 1. The maximum absolute atomic E-state index is 9.24. The summed E-state index contributed by atoms with van der Waals surface area (Å²) < 4.78 is 0. The molecule has 0 amide bonds. The minimum atomic E-state index is -0.148. The third kappa shape index (κ3) is 2.16. The van der Waals surface area contributed by atoms with Crippen LogP contribution in [-0.4, -0.2) is 16.4 Å². The molecule has 3 heteroatoms. The van der Waals surface area contributed by atoms with E-state index in [9.17, 15) is 5.11 Å².